The van der Waals surface area contributed by atoms with Crippen LogP contribution in [-0.4, -0.2) is 80.4 Å². The topological polar surface area (TPSA) is 167 Å². The highest BCUT2D eigenvalue weighted by molar-refractivity contribution is 5.99. The first kappa shape index (κ1) is 37.2. The summed E-state index contributed by atoms with van der Waals surface area (Å²) in [6.45, 7) is 7.24. The molecule has 272 valence electrons. The summed E-state index contributed by atoms with van der Waals surface area (Å²) in [6, 6.07) is 13.6. The number of carbonyl (C=O) groups excluding carboxylic acids is 5. The molecule has 5 amide bonds. The van der Waals surface area contributed by atoms with Crippen molar-refractivity contribution in [3.63, 3.8) is 0 Å². The molecule has 0 fully saturated rings. The smallest absolute Gasteiger partial charge is 0.292 e. The minimum absolute atomic E-state index is 0.0615. The van der Waals surface area contributed by atoms with Crippen LogP contribution in [0, 0.1) is 5.92 Å². The van der Waals surface area contributed by atoms with Crippen molar-refractivity contribution in [3.05, 3.63) is 82.9 Å². The van der Waals surface area contributed by atoms with Crippen molar-refractivity contribution >= 4 is 29.5 Å². The van der Waals surface area contributed by atoms with Crippen molar-refractivity contribution < 1.29 is 24.0 Å². The van der Waals surface area contributed by atoms with Gasteiger partial charge in [-0.1, -0.05) is 62.7 Å². The van der Waals surface area contributed by atoms with Gasteiger partial charge in [0.15, 0.2) is 0 Å². The lowest BCUT2D eigenvalue weighted by molar-refractivity contribution is -0.132. The molecule has 0 radical (unpaired) electrons. The van der Waals surface area contributed by atoms with Gasteiger partial charge >= 0.3 is 0 Å². The van der Waals surface area contributed by atoms with E-state index in [0.29, 0.717) is 50.3 Å². The van der Waals surface area contributed by atoms with Crippen LogP contribution in [0.5, 0.6) is 0 Å². The molecule has 3 atom stereocenters. The van der Waals surface area contributed by atoms with Crippen molar-refractivity contribution in [2.24, 2.45) is 5.92 Å². The van der Waals surface area contributed by atoms with Crippen LogP contribution in [-0.2, 0) is 40.3 Å². The van der Waals surface area contributed by atoms with Crippen molar-refractivity contribution in [2.45, 2.75) is 103 Å². The summed E-state index contributed by atoms with van der Waals surface area (Å²) < 4.78 is 1.94. The average Bonchev–Trinajstić information content (AvgIpc) is 3.37. The molecule has 4 heterocycles. The fraction of sp³-hybridized carbons (Fsp3) is 0.500. The number of hydrogen-bond acceptors (Lipinski definition) is 7. The number of amides is 5. The van der Waals surface area contributed by atoms with E-state index in [2.05, 4.69) is 31.5 Å². The highest BCUT2D eigenvalue weighted by Gasteiger charge is 2.30. The zero-order chi connectivity index (χ0) is 36.3. The van der Waals surface area contributed by atoms with E-state index >= 15 is 0 Å². The van der Waals surface area contributed by atoms with Gasteiger partial charge in [-0.25, -0.2) is 0 Å². The van der Waals surface area contributed by atoms with E-state index in [0.717, 1.165) is 42.6 Å². The Hall–Kier alpha value is -5.07. The number of benzene rings is 2. The van der Waals surface area contributed by atoms with Gasteiger partial charge < -0.3 is 30.7 Å². The molecule has 3 aromatic rings. The summed E-state index contributed by atoms with van der Waals surface area (Å²) in [6.07, 6.45) is 5.59. The second kappa shape index (κ2) is 17.7. The lowest BCUT2D eigenvalue weighted by Gasteiger charge is -2.25. The Bertz CT molecular complexity index is 1670. The molecule has 2 bridgehead atoms. The van der Waals surface area contributed by atoms with Crippen molar-refractivity contribution in [3.8, 4) is 0 Å². The van der Waals surface area contributed by atoms with E-state index in [1.807, 2.05) is 48.7 Å². The van der Waals surface area contributed by atoms with Crippen molar-refractivity contribution in [2.75, 3.05) is 13.1 Å². The molecule has 0 aliphatic carbocycles. The molecule has 13 nitrogen and oxygen atoms in total. The van der Waals surface area contributed by atoms with Crippen LogP contribution in [0.25, 0.3) is 0 Å². The second-order valence-corrected chi connectivity index (χ2v) is 14.0. The molecule has 4 N–H and O–H groups in total. The summed E-state index contributed by atoms with van der Waals surface area (Å²) in [5.41, 5.74) is 2.01. The number of rotatable bonds is 5. The summed E-state index contributed by atoms with van der Waals surface area (Å²) in [5, 5.41) is 20.0. The Morgan fingerprint density at radius 3 is 2.27 bits per heavy atom. The molecule has 3 aliphatic rings. The van der Waals surface area contributed by atoms with Crippen LogP contribution in [0.2, 0.25) is 0 Å². The molecule has 2 aromatic carbocycles. The molecule has 1 aromatic heterocycles. The standard InChI is InChI=1S/C38H50N8O5/c1-25(2)22-30-36(49)40-26(3)34(47)39-19-9-11-20-45(38(51)33-44-43-32-14-8-5-10-21-46(32)33)24-28-15-17-29(18-16-28)35(48)41-31(37(50)42-30)23-27-12-6-4-7-13-27/h4,6-7,12-13,15-18,25-26,30-31H,5,8-11,14,19-24H2,1-3H3,(H,39,47)(H,40,49)(H,41,48)(H,42,50)/t26-,30+,31-/m1/s1. The van der Waals surface area contributed by atoms with Crippen LogP contribution < -0.4 is 21.3 Å². The van der Waals surface area contributed by atoms with Gasteiger partial charge in [-0.2, -0.15) is 0 Å². The van der Waals surface area contributed by atoms with Crippen LogP contribution in [0.4, 0.5) is 0 Å². The molecule has 0 unspecified atom stereocenters. The summed E-state index contributed by atoms with van der Waals surface area (Å²) in [5.74, 6) is -0.790. The molecule has 13 heteroatoms. The van der Waals surface area contributed by atoms with Gasteiger partial charge in [0.05, 0.1) is 0 Å². The predicted octanol–water partition coefficient (Wildman–Crippen LogP) is 2.93. The molecule has 51 heavy (non-hydrogen) atoms. The summed E-state index contributed by atoms with van der Waals surface area (Å²) >= 11 is 0. The maximum atomic E-state index is 14.0. The number of nitrogens with zero attached hydrogens (tertiary/aromatic N) is 4. The van der Waals surface area contributed by atoms with E-state index in [-0.39, 0.29) is 30.7 Å². The minimum atomic E-state index is -0.983. The average molecular weight is 699 g/mol. The first-order chi connectivity index (χ1) is 24.6. The normalized spacial score (nSPS) is 21.4. The Kier molecular flexibility index (Phi) is 12.9. The highest BCUT2D eigenvalue weighted by atomic mass is 16.2. The third-order valence-corrected chi connectivity index (χ3v) is 9.33. The number of nitrogens with one attached hydrogen (secondary N) is 4. The van der Waals surface area contributed by atoms with Gasteiger partial charge in [0.25, 0.3) is 11.8 Å². The van der Waals surface area contributed by atoms with E-state index in [1.54, 1.807) is 36.1 Å². The molecule has 0 saturated heterocycles. The van der Waals surface area contributed by atoms with Crippen LogP contribution in [0.3, 0.4) is 0 Å². The largest absolute Gasteiger partial charge is 0.354 e. The van der Waals surface area contributed by atoms with Crippen molar-refractivity contribution in [1.82, 2.24) is 40.9 Å². The van der Waals surface area contributed by atoms with Gasteiger partial charge in [-0.15, -0.1) is 10.2 Å². The van der Waals surface area contributed by atoms with E-state index in [9.17, 15) is 24.0 Å². The highest BCUT2D eigenvalue weighted by Crippen LogP contribution is 2.18. The number of aromatic nitrogens is 3. The quantitative estimate of drug-likeness (QED) is 0.297. The zero-order valence-corrected chi connectivity index (χ0v) is 29.8. The predicted molar refractivity (Wildman–Crippen MR) is 191 cm³/mol. The summed E-state index contributed by atoms with van der Waals surface area (Å²) in [4.78, 5) is 69.5. The fourth-order valence-corrected chi connectivity index (χ4v) is 6.47. The number of carbonyl (C=O) groups is 5. The van der Waals surface area contributed by atoms with Gasteiger partial charge in [0.1, 0.15) is 23.9 Å². The molecule has 3 aliphatic heterocycles. The van der Waals surface area contributed by atoms with Crippen LogP contribution in [0.1, 0.15) is 97.2 Å². The van der Waals surface area contributed by atoms with E-state index < -0.39 is 35.8 Å². The van der Waals surface area contributed by atoms with Crippen LogP contribution >= 0.6 is 0 Å². The Labute approximate surface area is 299 Å². The second-order valence-electron chi connectivity index (χ2n) is 14.0. The third-order valence-electron chi connectivity index (χ3n) is 9.33. The van der Waals surface area contributed by atoms with Gasteiger partial charge in [0, 0.05) is 44.6 Å². The van der Waals surface area contributed by atoms with Gasteiger partial charge in [-0.3, -0.25) is 24.0 Å². The molecular weight excluding hydrogens is 648 g/mol. The molecule has 0 spiro atoms. The maximum absolute atomic E-state index is 14.0. The minimum Gasteiger partial charge on any atom is -0.354 e. The van der Waals surface area contributed by atoms with Crippen LogP contribution in [0.15, 0.2) is 54.6 Å². The SMILES string of the molecule is CC(C)C[C@@H]1NC(=O)[C@@H](Cc2ccccc2)NC(=O)c2ccc(cc2)CN(C(=O)c2nnc3n2CCCCC3)CCCCNC(=O)[C@@H](C)NC1=O. The lowest BCUT2D eigenvalue weighted by atomic mass is 10.0. The first-order valence-corrected chi connectivity index (χ1v) is 18.1. The Morgan fingerprint density at radius 1 is 0.804 bits per heavy atom. The lowest BCUT2D eigenvalue weighted by Crippen LogP contribution is -2.57. The number of aryl methyl sites for hydroxylation is 1. The van der Waals surface area contributed by atoms with Gasteiger partial charge in [0.2, 0.25) is 23.5 Å². The molecule has 6 rings (SSSR count). The number of fused-ring (bicyclic) bond motifs is 19. The van der Waals surface area contributed by atoms with Crippen molar-refractivity contribution in [1.29, 1.82) is 0 Å². The van der Waals surface area contributed by atoms with E-state index in [1.165, 1.54) is 0 Å². The number of hydrogen-bond donors (Lipinski definition) is 4. The monoisotopic (exact) mass is 698 g/mol. The Balaban J connectivity index is 1.41. The zero-order valence-electron chi connectivity index (χ0n) is 29.8. The fourth-order valence-electron chi connectivity index (χ4n) is 6.47. The molecular formula is C38H50N8O5. The van der Waals surface area contributed by atoms with Gasteiger partial charge in [-0.05, 0) is 68.2 Å². The Morgan fingerprint density at radius 2 is 1.53 bits per heavy atom. The first-order valence-electron chi connectivity index (χ1n) is 18.1. The van der Waals surface area contributed by atoms with E-state index in [4.69, 9.17) is 0 Å². The third kappa shape index (κ3) is 10.2. The molecule has 0 saturated carbocycles. The summed E-state index contributed by atoms with van der Waals surface area (Å²) in [7, 11) is 0. The maximum Gasteiger partial charge on any atom is 0.292 e.